The molecule has 0 saturated carbocycles. The lowest BCUT2D eigenvalue weighted by atomic mass is 9.70. The number of benzene rings is 3. The van der Waals surface area contributed by atoms with Crippen LogP contribution in [0.5, 0.6) is 0 Å². The van der Waals surface area contributed by atoms with Crippen LogP contribution in [0, 0.1) is 5.41 Å². The molecule has 31 heavy (non-hydrogen) atoms. The highest BCUT2D eigenvalue weighted by Gasteiger charge is 2.48. The van der Waals surface area contributed by atoms with Gasteiger partial charge in [-0.25, -0.2) is 0 Å². The van der Waals surface area contributed by atoms with E-state index in [2.05, 4.69) is 60.7 Å². The van der Waals surface area contributed by atoms with Crippen LogP contribution in [0.15, 0.2) is 78.4 Å². The molecule has 156 valence electrons. The number of hydrogen-bond acceptors (Lipinski definition) is 3. The number of esters is 1. The molecule has 1 N–H and O–H groups in total. The minimum absolute atomic E-state index is 0.236. The van der Waals surface area contributed by atoms with Crippen LogP contribution < -0.4 is 0 Å². The fourth-order valence-corrected chi connectivity index (χ4v) is 5.24. The van der Waals surface area contributed by atoms with Crippen LogP contribution in [0.2, 0.25) is 0 Å². The molecule has 3 aromatic carbocycles. The zero-order valence-electron chi connectivity index (χ0n) is 17.7. The Bertz CT molecular complexity index is 1160. The van der Waals surface area contributed by atoms with Crippen LogP contribution in [-0.2, 0) is 35.2 Å². The quantitative estimate of drug-likeness (QED) is 0.611. The number of aliphatic hydroxyl groups is 1. The Morgan fingerprint density at radius 1 is 0.968 bits per heavy atom. The minimum Gasteiger partial charge on any atom is -0.469 e. The summed E-state index contributed by atoms with van der Waals surface area (Å²) in [6.07, 6.45) is 4.47. The van der Waals surface area contributed by atoms with Gasteiger partial charge in [-0.3, -0.25) is 4.79 Å². The van der Waals surface area contributed by atoms with Gasteiger partial charge in [0, 0.05) is 5.41 Å². The van der Waals surface area contributed by atoms with E-state index in [4.69, 9.17) is 4.74 Å². The summed E-state index contributed by atoms with van der Waals surface area (Å²) < 4.78 is 4.78. The predicted molar refractivity (Wildman–Crippen MR) is 122 cm³/mol. The number of carbonyl (C=O) groups excluding carboxylic acids is 1. The number of methoxy groups -OCH3 is 1. The maximum absolute atomic E-state index is 11.6. The second-order valence-corrected chi connectivity index (χ2v) is 8.73. The van der Waals surface area contributed by atoms with Crippen LogP contribution >= 0.6 is 0 Å². The topological polar surface area (TPSA) is 46.5 Å². The molecule has 0 bridgehead atoms. The molecule has 0 saturated heterocycles. The average Bonchev–Trinajstić information content (AvgIpc) is 3.35. The van der Waals surface area contributed by atoms with Crippen molar-refractivity contribution < 1.29 is 14.6 Å². The smallest absolute Gasteiger partial charge is 0.309 e. The number of hydrogen-bond donors (Lipinski definition) is 1. The fourth-order valence-electron chi connectivity index (χ4n) is 5.24. The monoisotopic (exact) mass is 410 g/mol. The van der Waals surface area contributed by atoms with Gasteiger partial charge >= 0.3 is 5.97 Å². The van der Waals surface area contributed by atoms with E-state index in [0.717, 1.165) is 36.0 Å². The van der Waals surface area contributed by atoms with E-state index in [0.29, 0.717) is 0 Å². The summed E-state index contributed by atoms with van der Waals surface area (Å²) in [5.41, 5.74) is 7.89. The van der Waals surface area contributed by atoms with Gasteiger partial charge in [0.25, 0.3) is 0 Å². The van der Waals surface area contributed by atoms with E-state index in [1.807, 2.05) is 18.2 Å². The molecule has 0 heterocycles. The molecule has 0 radical (unpaired) electrons. The van der Waals surface area contributed by atoms with Gasteiger partial charge in [0.05, 0.1) is 19.6 Å². The van der Waals surface area contributed by atoms with Crippen LogP contribution in [0.25, 0.3) is 6.08 Å². The van der Waals surface area contributed by atoms with Crippen molar-refractivity contribution >= 4 is 12.0 Å². The first-order valence-corrected chi connectivity index (χ1v) is 10.8. The van der Waals surface area contributed by atoms with E-state index in [9.17, 15) is 9.90 Å². The molecule has 2 atom stereocenters. The van der Waals surface area contributed by atoms with E-state index in [1.54, 1.807) is 0 Å². The molecule has 2 aliphatic carbocycles. The van der Waals surface area contributed by atoms with Gasteiger partial charge in [0.1, 0.15) is 0 Å². The molecule has 3 heteroatoms. The summed E-state index contributed by atoms with van der Waals surface area (Å²) in [5.74, 6) is -0.236. The van der Waals surface area contributed by atoms with Gasteiger partial charge < -0.3 is 9.84 Å². The van der Waals surface area contributed by atoms with Gasteiger partial charge in [-0.05, 0) is 52.6 Å². The van der Waals surface area contributed by atoms with Crippen molar-refractivity contribution in [3.8, 4) is 0 Å². The Morgan fingerprint density at radius 3 is 2.35 bits per heavy atom. The second-order valence-electron chi connectivity index (χ2n) is 8.73. The van der Waals surface area contributed by atoms with E-state index in [1.165, 1.54) is 29.4 Å². The average molecular weight is 411 g/mol. The SMILES string of the molecule is COC(=O)Cc1ccc(C[C@]2(C3=Cc4ccccc4C3)Cc3ccccc3[C@H]2O)cc1. The van der Waals surface area contributed by atoms with E-state index in [-0.39, 0.29) is 17.8 Å². The molecular weight excluding hydrogens is 384 g/mol. The third kappa shape index (κ3) is 3.49. The Balaban J connectivity index is 1.50. The molecule has 3 aromatic rings. The Morgan fingerprint density at radius 2 is 1.65 bits per heavy atom. The summed E-state index contributed by atoms with van der Waals surface area (Å²) in [6, 6.07) is 24.9. The normalized spacial score (nSPS) is 21.4. The molecule has 0 fully saturated rings. The molecule has 2 aliphatic rings. The molecule has 0 spiro atoms. The van der Waals surface area contributed by atoms with Gasteiger partial charge in [0.2, 0.25) is 0 Å². The second kappa shape index (κ2) is 7.82. The number of aliphatic hydroxyl groups excluding tert-OH is 1. The lowest BCUT2D eigenvalue weighted by molar-refractivity contribution is -0.139. The maximum atomic E-state index is 11.6. The van der Waals surface area contributed by atoms with Crippen molar-refractivity contribution in [1.82, 2.24) is 0 Å². The van der Waals surface area contributed by atoms with Gasteiger partial charge in [-0.2, -0.15) is 0 Å². The third-order valence-corrected chi connectivity index (χ3v) is 6.90. The highest BCUT2D eigenvalue weighted by atomic mass is 16.5. The molecule has 5 rings (SSSR count). The van der Waals surface area contributed by atoms with Crippen molar-refractivity contribution in [1.29, 1.82) is 0 Å². The molecule has 0 unspecified atom stereocenters. The summed E-state index contributed by atoms with van der Waals surface area (Å²) in [5, 5.41) is 11.6. The molecule has 0 aliphatic heterocycles. The summed E-state index contributed by atoms with van der Waals surface area (Å²) in [6.45, 7) is 0. The van der Waals surface area contributed by atoms with Crippen LogP contribution in [-0.4, -0.2) is 18.2 Å². The largest absolute Gasteiger partial charge is 0.469 e. The lowest BCUT2D eigenvalue weighted by Gasteiger charge is -2.35. The highest BCUT2D eigenvalue weighted by Crippen LogP contribution is 2.54. The van der Waals surface area contributed by atoms with Gasteiger partial charge in [-0.1, -0.05) is 84.4 Å². The van der Waals surface area contributed by atoms with Gasteiger partial charge in [-0.15, -0.1) is 0 Å². The maximum Gasteiger partial charge on any atom is 0.309 e. The first-order chi connectivity index (χ1) is 15.1. The molecule has 0 aromatic heterocycles. The van der Waals surface area contributed by atoms with Crippen LogP contribution in [0.4, 0.5) is 0 Å². The standard InChI is InChI=1S/C28H26O3/c1-31-26(29)14-19-10-12-20(13-11-19)17-28(18-23-8-4-5-9-25(23)27(28)30)24-15-21-6-2-3-7-22(21)16-24/h2-13,15,27,30H,14,16-18H2,1H3/t27-,28-/m1/s1. The zero-order valence-corrected chi connectivity index (χ0v) is 17.7. The fraction of sp³-hybridized carbons (Fsp3) is 0.250. The summed E-state index contributed by atoms with van der Waals surface area (Å²) in [7, 11) is 1.41. The summed E-state index contributed by atoms with van der Waals surface area (Å²) in [4.78, 5) is 11.6. The van der Waals surface area contributed by atoms with Crippen molar-refractivity contribution in [2.45, 2.75) is 31.8 Å². The Hall–Kier alpha value is -3.17. The summed E-state index contributed by atoms with van der Waals surface area (Å²) >= 11 is 0. The molecule has 0 amide bonds. The minimum atomic E-state index is -0.543. The van der Waals surface area contributed by atoms with E-state index >= 15 is 0 Å². The number of carbonyl (C=O) groups is 1. The van der Waals surface area contributed by atoms with Crippen LogP contribution in [0.3, 0.4) is 0 Å². The molecule has 3 nitrogen and oxygen atoms in total. The highest BCUT2D eigenvalue weighted by molar-refractivity contribution is 5.72. The number of ether oxygens (including phenoxy) is 1. The van der Waals surface area contributed by atoms with Crippen molar-refractivity contribution in [3.05, 3.63) is 112 Å². The van der Waals surface area contributed by atoms with Gasteiger partial charge in [0.15, 0.2) is 0 Å². The van der Waals surface area contributed by atoms with E-state index < -0.39 is 6.10 Å². The van der Waals surface area contributed by atoms with Crippen molar-refractivity contribution in [3.63, 3.8) is 0 Å². The first kappa shape index (κ1) is 19.8. The Kier molecular flexibility index (Phi) is 4.99. The lowest BCUT2D eigenvalue weighted by Crippen LogP contribution is -2.31. The van der Waals surface area contributed by atoms with Crippen molar-refractivity contribution in [2.24, 2.45) is 5.41 Å². The predicted octanol–water partition coefficient (Wildman–Crippen LogP) is 4.86. The molecular formula is C28H26O3. The first-order valence-electron chi connectivity index (χ1n) is 10.8. The van der Waals surface area contributed by atoms with Crippen LogP contribution in [0.1, 0.15) is 39.5 Å². The van der Waals surface area contributed by atoms with Crippen molar-refractivity contribution in [2.75, 3.05) is 7.11 Å². The number of rotatable bonds is 5. The zero-order chi connectivity index (χ0) is 21.4. The Labute approximate surface area is 183 Å². The third-order valence-electron chi connectivity index (χ3n) is 6.90. The number of fused-ring (bicyclic) bond motifs is 2.